The summed E-state index contributed by atoms with van der Waals surface area (Å²) in [5.41, 5.74) is 1.72. The molecule has 1 fully saturated rings. The number of ether oxygens (including phenoxy) is 1. The van der Waals surface area contributed by atoms with Gasteiger partial charge in [0, 0.05) is 42.8 Å². The first-order chi connectivity index (χ1) is 15.6. The van der Waals surface area contributed by atoms with Gasteiger partial charge in [0.25, 0.3) is 0 Å². The molecule has 1 saturated heterocycles. The average molecular weight is 472 g/mol. The molecule has 8 nitrogen and oxygen atoms in total. The lowest BCUT2D eigenvalue weighted by Gasteiger charge is -2.26. The van der Waals surface area contributed by atoms with Crippen LogP contribution in [0, 0.1) is 0 Å². The maximum Gasteiger partial charge on any atom is 0.243 e. The first-order valence-electron chi connectivity index (χ1n) is 10.3. The lowest BCUT2D eigenvalue weighted by atomic mass is 10.2. The van der Waals surface area contributed by atoms with Gasteiger partial charge in [-0.15, -0.1) is 16.8 Å². The van der Waals surface area contributed by atoms with Crippen molar-refractivity contribution in [2.45, 2.75) is 23.0 Å². The van der Waals surface area contributed by atoms with Crippen LogP contribution in [0.15, 0.2) is 71.4 Å². The lowest BCUT2D eigenvalue weighted by Crippen LogP contribution is -2.40. The van der Waals surface area contributed by atoms with Gasteiger partial charge in [-0.2, -0.15) is 4.31 Å². The summed E-state index contributed by atoms with van der Waals surface area (Å²) in [6.07, 6.45) is 4.38. The van der Waals surface area contributed by atoms with E-state index in [-0.39, 0.29) is 4.90 Å². The first kappa shape index (κ1) is 22.7. The highest BCUT2D eigenvalue weighted by Gasteiger charge is 2.27. The minimum Gasteiger partial charge on any atom is -0.379 e. The Morgan fingerprint density at radius 1 is 1.12 bits per heavy atom. The fraction of sp³-hybridized carbons (Fsp3) is 0.318. The lowest BCUT2D eigenvalue weighted by molar-refractivity contribution is 0.0730. The molecular weight excluding hydrogens is 446 g/mol. The van der Waals surface area contributed by atoms with Crippen molar-refractivity contribution in [3.8, 4) is 11.4 Å². The zero-order valence-electron chi connectivity index (χ0n) is 17.6. The highest BCUT2D eigenvalue weighted by Crippen LogP contribution is 2.27. The molecule has 0 atom stereocenters. The minimum absolute atomic E-state index is 0.245. The summed E-state index contributed by atoms with van der Waals surface area (Å²) < 4.78 is 34.8. The largest absolute Gasteiger partial charge is 0.379 e. The molecule has 3 heterocycles. The van der Waals surface area contributed by atoms with Crippen LogP contribution in [0.2, 0.25) is 0 Å². The van der Waals surface area contributed by atoms with Crippen molar-refractivity contribution in [3.05, 3.63) is 67.0 Å². The molecule has 2 aromatic heterocycles. The van der Waals surface area contributed by atoms with E-state index < -0.39 is 10.0 Å². The van der Waals surface area contributed by atoms with Crippen LogP contribution in [0.25, 0.3) is 11.4 Å². The molecule has 1 aliphatic rings. The Kier molecular flexibility index (Phi) is 7.36. The first-order valence-corrected chi connectivity index (χ1v) is 12.8. The third-order valence-corrected chi connectivity index (χ3v) is 7.91. The second-order valence-corrected chi connectivity index (χ2v) is 10.2. The number of morpholine rings is 1. The monoisotopic (exact) mass is 471 g/mol. The van der Waals surface area contributed by atoms with Crippen molar-refractivity contribution in [3.63, 3.8) is 0 Å². The van der Waals surface area contributed by atoms with Crippen molar-refractivity contribution < 1.29 is 13.2 Å². The van der Waals surface area contributed by atoms with Gasteiger partial charge in [0.2, 0.25) is 10.0 Å². The molecule has 1 aromatic carbocycles. The van der Waals surface area contributed by atoms with Gasteiger partial charge in [-0.3, -0.25) is 9.55 Å². The predicted molar refractivity (Wildman–Crippen MR) is 124 cm³/mol. The molecule has 0 saturated carbocycles. The normalized spacial score (nSPS) is 15.0. The van der Waals surface area contributed by atoms with Gasteiger partial charge in [0.15, 0.2) is 11.0 Å². The molecule has 32 heavy (non-hydrogen) atoms. The summed E-state index contributed by atoms with van der Waals surface area (Å²) in [7, 11) is -3.59. The highest BCUT2D eigenvalue weighted by molar-refractivity contribution is 7.99. The number of benzene rings is 1. The Labute approximate surface area is 192 Å². The molecule has 168 valence electrons. The SMILES string of the molecule is C=CCn1c(SCCc2ccccn2)nnc1-c1cccc(S(=O)(=O)N2CCOCC2)c1. The van der Waals surface area contributed by atoms with E-state index >= 15 is 0 Å². The minimum atomic E-state index is -3.59. The highest BCUT2D eigenvalue weighted by atomic mass is 32.2. The van der Waals surface area contributed by atoms with Crippen LogP contribution < -0.4 is 0 Å². The van der Waals surface area contributed by atoms with Crippen molar-refractivity contribution in [1.29, 1.82) is 0 Å². The Morgan fingerprint density at radius 3 is 2.72 bits per heavy atom. The van der Waals surface area contributed by atoms with Crippen LogP contribution in [0.1, 0.15) is 5.69 Å². The standard InChI is InChI=1S/C22H25N5O3S2/c1-2-11-27-21(24-25-22(27)31-16-9-19-7-3-4-10-23-19)18-6-5-8-20(17-18)32(28,29)26-12-14-30-15-13-26/h2-8,10,17H,1,9,11-16H2. The summed E-state index contributed by atoms with van der Waals surface area (Å²) in [6, 6.07) is 12.7. The summed E-state index contributed by atoms with van der Waals surface area (Å²) in [5.74, 6) is 1.42. The average Bonchev–Trinajstić information content (AvgIpc) is 3.23. The maximum absolute atomic E-state index is 13.1. The number of hydrogen-bond acceptors (Lipinski definition) is 7. The number of aromatic nitrogens is 4. The third-order valence-electron chi connectivity index (χ3n) is 5.04. The summed E-state index contributed by atoms with van der Waals surface area (Å²) >= 11 is 1.59. The van der Waals surface area contributed by atoms with Gasteiger partial charge in [-0.1, -0.05) is 36.0 Å². The fourth-order valence-electron chi connectivity index (χ4n) is 3.43. The Bertz CT molecular complexity index is 1160. The van der Waals surface area contributed by atoms with Crippen LogP contribution >= 0.6 is 11.8 Å². The van der Waals surface area contributed by atoms with E-state index in [0.717, 1.165) is 23.0 Å². The van der Waals surface area contributed by atoms with E-state index in [1.165, 1.54) is 4.31 Å². The molecule has 1 aliphatic heterocycles. The molecule has 0 amide bonds. The molecule has 0 N–H and O–H groups in total. The van der Waals surface area contributed by atoms with Crippen LogP contribution in [0.5, 0.6) is 0 Å². The second-order valence-electron chi connectivity index (χ2n) is 7.17. The molecule has 0 bridgehead atoms. The molecule has 0 unspecified atom stereocenters. The summed E-state index contributed by atoms with van der Waals surface area (Å²) in [4.78, 5) is 4.60. The third kappa shape index (κ3) is 5.09. The summed E-state index contributed by atoms with van der Waals surface area (Å²) in [5, 5.41) is 9.48. The number of sulfonamides is 1. The van der Waals surface area contributed by atoms with E-state index in [4.69, 9.17) is 4.74 Å². The summed E-state index contributed by atoms with van der Waals surface area (Å²) in [6.45, 7) is 5.90. The molecule has 10 heteroatoms. The number of aryl methyl sites for hydroxylation is 1. The second kappa shape index (κ2) is 10.4. The van der Waals surface area contributed by atoms with Crippen molar-refractivity contribution in [2.75, 3.05) is 32.1 Å². The van der Waals surface area contributed by atoms with E-state index in [1.807, 2.05) is 28.8 Å². The predicted octanol–water partition coefficient (Wildman–Crippen LogP) is 2.88. The van der Waals surface area contributed by atoms with Crippen LogP contribution in [-0.4, -0.2) is 64.5 Å². The van der Waals surface area contributed by atoms with Crippen molar-refractivity contribution >= 4 is 21.8 Å². The van der Waals surface area contributed by atoms with Crippen molar-refractivity contribution in [2.24, 2.45) is 0 Å². The van der Waals surface area contributed by atoms with E-state index in [9.17, 15) is 8.42 Å². The maximum atomic E-state index is 13.1. The fourth-order valence-corrected chi connectivity index (χ4v) is 5.79. The van der Waals surface area contributed by atoms with Gasteiger partial charge in [0.05, 0.1) is 18.1 Å². The number of rotatable bonds is 9. The van der Waals surface area contributed by atoms with Gasteiger partial charge < -0.3 is 4.74 Å². The zero-order valence-corrected chi connectivity index (χ0v) is 19.3. The molecular formula is C22H25N5O3S2. The number of pyridine rings is 1. The molecule has 3 aromatic rings. The topological polar surface area (TPSA) is 90.2 Å². The van der Waals surface area contributed by atoms with E-state index in [0.29, 0.717) is 44.2 Å². The number of allylic oxidation sites excluding steroid dienone is 1. The van der Waals surface area contributed by atoms with Gasteiger partial charge in [-0.25, -0.2) is 8.42 Å². The van der Waals surface area contributed by atoms with E-state index in [1.54, 1.807) is 42.2 Å². The van der Waals surface area contributed by atoms with Crippen LogP contribution in [-0.2, 0) is 27.7 Å². The number of hydrogen-bond donors (Lipinski definition) is 0. The number of thioether (sulfide) groups is 1. The van der Waals surface area contributed by atoms with Gasteiger partial charge in [0.1, 0.15) is 0 Å². The quantitative estimate of drug-likeness (QED) is 0.350. The molecule has 0 spiro atoms. The number of nitrogens with zero attached hydrogens (tertiary/aromatic N) is 5. The Hall–Kier alpha value is -2.53. The van der Waals surface area contributed by atoms with E-state index in [2.05, 4.69) is 21.8 Å². The van der Waals surface area contributed by atoms with Crippen molar-refractivity contribution in [1.82, 2.24) is 24.1 Å². The smallest absolute Gasteiger partial charge is 0.243 e. The van der Waals surface area contributed by atoms with Gasteiger partial charge in [-0.05, 0) is 30.7 Å². The molecule has 4 rings (SSSR count). The van der Waals surface area contributed by atoms with Gasteiger partial charge >= 0.3 is 0 Å². The van der Waals surface area contributed by atoms with Crippen LogP contribution in [0.4, 0.5) is 0 Å². The molecule has 0 radical (unpaired) electrons. The van der Waals surface area contributed by atoms with Crippen LogP contribution in [0.3, 0.4) is 0 Å². The zero-order chi connectivity index (χ0) is 22.4. The molecule has 0 aliphatic carbocycles. The Morgan fingerprint density at radius 2 is 1.97 bits per heavy atom. The Balaban J connectivity index is 1.56.